The van der Waals surface area contributed by atoms with Gasteiger partial charge in [0.2, 0.25) is 0 Å². The molecule has 0 spiro atoms. The highest BCUT2D eigenvalue weighted by atomic mass is 19.3. The first-order valence-corrected chi connectivity index (χ1v) is 3.76. The molecule has 4 nitrogen and oxygen atoms in total. The summed E-state index contributed by atoms with van der Waals surface area (Å²) in [5.41, 5.74) is 4.89. The summed E-state index contributed by atoms with van der Waals surface area (Å²) in [7, 11) is 2.65. The highest BCUT2D eigenvalue weighted by Crippen LogP contribution is 2.33. The summed E-state index contributed by atoms with van der Waals surface area (Å²) in [5.74, 6) is 0.0981. The highest BCUT2D eigenvalue weighted by Gasteiger charge is 2.18. The van der Waals surface area contributed by atoms with Gasteiger partial charge in [0.25, 0.3) is 6.43 Å². The van der Waals surface area contributed by atoms with Crippen molar-refractivity contribution in [2.45, 2.75) is 6.43 Å². The van der Waals surface area contributed by atoms with Gasteiger partial charge in [-0.1, -0.05) is 0 Å². The molecule has 1 aromatic rings. The van der Waals surface area contributed by atoms with E-state index in [2.05, 4.69) is 4.98 Å². The zero-order valence-electron chi connectivity index (χ0n) is 7.75. The van der Waals surface area contributed by atoms with Crippen molar-refractivity contribution < 1.29 is 18.3 Å². The number of hydrogen-bond donors (Lipinski definition) is 1. The molecule has 6 heteroatoms. The zero-order chi connectivity index (χ0) is 10.7. The van der Waals surface area contributed by atoms with Gasteiger partial charge in [0, 0.05) is 6.07 Å². The topological polar surface area (TPSA) is 57.4 Å². The van der Waals surface area contributed by atoms with Gasteiger partial charge in [0.15, 0.2) is 17.3 Å². The van der Waals surface area contributed by atoms with Crippen LogP contribution in [0.3, 0.4) is 0 Å². The largest absolute Gasteiger partial charge is 0.494 e. The van der Waals surface area contributed by atoms with E-state index in [9.17, 15) is 8.78 Å². The van der Waals surface area contributed by atoms with Crippen molar-refractivity contribution in [2.75, 3.05) is 20.0 Å². The van der Waals surface area contributed by atoms with E-state index in [1.54, 1.807) is 0 Å². The van der Waals surface area contributed by atoms with Gasteiger partial charge < -0.3 is 15.2 Å². The van der Waals surface area contributed by atoms with Crippen LogP contribution in [0.4, 0.5) is 14.6 Å². The smallest absolute Gasteiger partial charge is 0.284 e. The third-order valence-electron chi connectivity index (χ3n) is 1.65. The third-order valence-corrected chi connectivity index (χ3v) is 1.65. The molecule has 0 aliphatic carbocycles. The second-order valence-corrected chi connectivity index (χ2v) is 2.46. The normalized spacial score (nSPS) is 10.4. The van der Waals surface area contributed by atoms with Crippen LogP contribution in [0, 0.1) is 0 Å². The van der Waals surface area contributed by atoms with E-state index in [1.807, 2.05) is 0 Å². The van der Waals surface area contributed by atoms with Gasteiger partial charge in [-0.05, 0) is 0 Å². The standard InChI is InChI=1S/C8H10F2N2O2/c1-13-4-3-5(14-2)8(11)12-6(4)7(9)10/h3,7H,1-2H3,(H2,11,12). The van der Waals surface area contributed by atoms with Crippen LogP contribution in [0.5, 0.6) is 11.5 Å². The predicted octanol–water partition coefficient (Wildman–Crippen LogP) is 1.62. The van der Waals surface area contributed by atoms with Crippen molar-refractivity contribution in [2.24, 2.45) is 0 Å². The molecule has 0 aliphatic heterocycles. The van der Waals surface area contributed by atoms with Crippen LogP contribution in [-0.4, -0.2) is 19.2 Å². The fourth-order valence-corrected chi connectivity index (χ4v) is 0.990. The van der Waals surface area contributed by atoms with E-state index in [4.69, 9.17) is 15.2 Å². The number of ether oxygens (including phenoxy) is 2. The molecule has 1 heterocycles. The van der Waals surface area contributed by atoms with Crippen molar-refractivity contribution in [3.8, 4) is 11.5 Å². The Kier molecular flexibility index (Phi) is 3.06. The summed E-state index contributed by atoms with van der Waals surface area (Å²) < 4.78 is 34.3. The quantitative estimate of drug-likeness (QED) is 0.812. The lowest BCUT2D eigenvalue weighted by Gasteiger charge is -2.10. The van der Waals surface area contributed by atoms with Gasteiger partial charge in [-0.2, -0.15) is 0 Å². The molecule has 0 bridgehead atoms. The number of rotatable bonds is 3. The van der Waals surface area contributed by atoms with E-state index in [-0.39, 0.29) is 17.3 Å². The number of anilines is 1. The Balaban J connectivity index is 3.24. The summed E-state index contributed by atoms with van der Waals surface area (Å²) in [4.78, 5) is 3.49. The third kappa shape index (κ3) is 1.84. The summed E-state index contributed by atoms with van der Waals surface area (Å²) >= 11 is 0. The number of nitrogens with two attached hydrogens (primary N) is 1. The van der Waals surface area contributed by atoms with E-state index >= 15 is 0 Å². The molecule has 0 unspecified atom stereocenters. The minimum atomic E-state index is -2.72. The summed E-state index contributed by atoms with van der Waals surface area (Å²) in [6.07, 6.45) is -2.72. The number of methoxy groups -OCH3 is 2. The molecule has 1 aromatic heterocycles. The lowest BCUT2D eigenvalue weighted by Crippen LogP contribution is -2.02. The van der Waals surface area contributed by atoms with Gasteiger partial charge in [0.05, 0.1) is 14.2 Å². The molecule has 78 valence electrons. The lowest BCUT2D eigenvalue weighted by molar-refractivity contribution is 0.141. The van der Waals surface area contributed by atoms with Gasteiger partial charge in [0.1, 0.15) is 5.75 Å². The van der Waals surface area contributed by atoms with Crippen LogP contribution < -0.4 is 15.2 Å². The van der Waals surface area contributed by atoms with Crippen LogP contribution in [0.2, 0.25) is 0 Å². The van der Waals surface area contributed by atoms with Crippen LogP contribution >= 0.6 is 0 Å². The summed E-state index contributed by atoms with van der Waals surface area (Å²) in [6, 6.07) is 1.28. The first-order chi connectivity index (χ1) is 6.60. The number of halogens is 2. The van der Waals surface area contributed by atoms with Crippen molar-refractivity contribution in [1.29, 1.82) is 0 Å². The van der Waals surface area contributed by atoms with E-state index in [0.29, 0.717) is 0 Å². The SMILES string of the molecule is COc1cc(OC)c(C(F)F)nc1N. The van der Waals surface area contributed by atoms with Crippen LogP contribution in [-0.2, 0) is 0 Å². The predicted molar refractivity (Wildman–Crippen MR) is 46.7 cm³/mol. The van der Waals surface area contributed by atoms with E-state index in [1.165, 1.54) is 20.3 Å². The molecule has 0 amide bonds. The van der Waals surface area contributed by atoms with Crippen molar-refractivity contribution in [3.63, 3.8) is 0 Å². The summed E-state index contributed by atoms with van der Waals surface area (Å²) in [6.45, 7) is 0. The first kappa shape index (κ1) is 10.5. The molecule has 1 rings (SSSR count). The molecule has 14 heavy (non-hydrogen) atoms. The maximum absolute atomic E-state index is 12.4. The molecule has 0 saturated heterocycles. The monoisotopic (exact) mass is 204 g/mol. The summed E-state index contributed by atoms with van der Waals surface area (Å²) in [5, 5.41) is 0. The number of aromatic nitrogens is 1. The molecular formula is C8H10F2N2O2. The van der Waals surface area contributed by atoms with Crippen LogP contribution in [0.1, 0.15) is 12.1 Å². The maximum Gasteiger partial charge on any atom is 0.284 e. The highest BCUT2D eigenvalue weighted by molar-refractivity contribution is 5.51. The molecule has 0 radical (unpaired) electrons. The van der Waals surface area contributed by atoms with Gasteiger partial charge >= 0.3 is 0 Å². The Morgan fingerprint density at radius 1 is 1.29 bits per heavy atom. The van der Waals surface area contributed by atoms with E-state index in [0.717, 1.165) is 0 Å². The average molecular weight is 204 g/mol. The van der Waals surface area contributed by atoms with Crippen molar-refractivity contribution in [3.05, 3.63) is 11.8 Å². The molecule has 0 aliphatic rings. The number of alkyl halides is 2. The van der Waals surface area contributed by atoms with Gasteiger partial charge in [-0.25, -0.2) is 13.8 Å². The van der Waals surface area contributed by atoms with Crippen LogP contribution in [0.25, 0.3) is 0 Å². The Morgan fingerprint density at radius 2 is 1.86 bits per heavy atom. The second kappa shape index (κ2) is 4.08. The Hall–Kier alpha value is -1.59. The maximum atomic E-state index is 12.4. The first-order valence-electron chi connectivity index (χ1n) is 3.76. The van der Waals surface area contributed by atoms with E-state index < -0.39 is 12.1 Å². The number of nitrogens with zero attached hydrogens (tertiary/aromatic N) is 1. The molecule has 2 N–H and O–H groups in total. The lowest BCUT2D eigenvalue weighted by atomic mass is 10.3. The molecule has 0 atom stereocenters. The fraction of sp³-hybridized carbons (Fsp3) is 0.375. The minimum absolute atomic E-state index is 0.0361. The van der Waals surface area contributed by atoms with Crippen LogP contribution in [0.15, 0.2) is 6.07 Å². The Bertz CT molecular complexity index is 331. The average Bonchev–Trinajstić information content (AvgIpc) is 2.17. The number of pyridine rings is 1. The van der Waals surface area contributed by atoms with Gasteiger partial charge in [-0.3, -0.25) is 0 Å². The molecule has 0 fully saturated rings. The Morgan fingerprint density at radius 3 is 2.29 bits per heavy atom. The number of nitrogen functional groups attached to an aromatic ring is 1. The minimum Gasteiger partial charge on any atom is -0.494 e. The second-order valence-electron chi connectivity index (χ2n) is 2.46. The zero-order valence-corrected chi connectivity index (χ0v) is 7.75. The molecule has 0 aromatic carbocycles. The van der Waals surface area contributed by atoms with Gasteiger partial charge in [-0.15, -0.1) is 0 Å². The molecular weight excluding hydrogens is 194 g/mol. The Labute approximate surface area is 79.6 Å². The fourth-order valence-electron chi connectivity index (χ4n) is 0.990. The van der Waals surface area contributed by atoms with Crippen molar-refractivity contribution >= 4 is 5.82 Å². The molecule has 0 saturated carbocycles. The number of hydrogen-bond acceptors (Lipinski definition) is 4. The van der Waals surface area contributed by atoms with Crippen molar-refractivity contribution in [1.82, 2.24) is 4.98 Å².